The van der Waals surface area contributed by atoms with Crippen LogP contribution in [-0.4, -0.2) is 23.6 Å². The van der Waals surface area contributed by atoms with Crippen molar-refractivity contribution in [3.63, 3.8) is 0 Å². The zero-order chi connectivity index (χ0) is 18.2. The summed E-state index contributed by atoms with van der Waals surface area (Å²) in [6.07, 6.45) is 0.563. The van der Waals surface area contributed by atoms with Gasteiger partial charge in [0.15, 0.2) is 6.61 Å². The first-order chi connectivity index (χ1) is 12.0. The topological polar surface area (TPSA) is 75.6 Å². The quantitative estimate of drug-likeness (QED) is 0.756. The third-order valence-corrected chi connectivity index (χ3v) is 4.03. The number of halogens is 1. The summed E-state index contributed by atoms with van der Waals surface area (Å²) in [5.74, 6) is -0.867. The molecule has 0 aliphatic heterocycles. The van der Waals surface area contributed by atoms with Gasteiger partial charge in [0.1, 0.15) is 5.75 Å². The molecular weight excluding hydrogens is 342 g/mol. The van der Waals surface area contributed by atoms with Gasteiger partial charge in [-0.15, -0.1) is 0 Å². The van der Waals surface area contributed by atoms with E-state index in [4.69, 9.17) is 21.4 Å². The second-order valence-corrected chi connectivity index (χ2v) is 6.15. The smallest absolute Gasteiger partial charge is 0.341 e. The average Bonchev–Trinajstić information content (AvgIpc) is 2.60. The van der Waals surface area contributed by atoms with Gasteiger partial charge in [-0.25, -0.2) is 4.79 Å². The first-order valence-corrected chi connectivity index (χ1v) is 8.28. The van der Waals surface area contributed by atoms with Gasteiger partial charge < -0.3 is 15.2 Å². The molecule has 0 fully saturated rings. The molecule has 0 saturated carbocycles. The number of hydrogen-bond donors (Lipinski definition) is 2. The fraction of sp³-hybridized carbons (Fsp3) is 0.263. The summed E-state index contributed by atoms with van der Waals surface area (Å²) in [4.78, 5) is 22.8. The second-order valence-electron chi connectivity index (χ2n) is 5.74. The Hall–Kier alpha value is -2.53. The maximum absolute atomic E-state index is 12.3. The number of carbonyl (C=O) groups excluding carboxylic acids is 1. The molecule has 2 aromatic rings. The number of rotatable bonds is 8. The molecule has 6 heteroatoms. The molecule has 0 saturated heterocycles. The van der Waals surface area contributed by atoms with Gasteiger partial charge in [0.25, 0.3) is 0 Å². The molecule has 0 heterocycles. The van der Waals surface area contributed by atoms with Gasteiger partial charge in [0, 0.05) is 17.5 Å². The Bertz CT molecular complexity index is 748. The monoisotopic (exact) mass is 361 g/mol. The highest BCUT2D eigenvalue weighted by Crippen LogP contribution is 2.19. The molecule has 0 radical (unpaired) electrons. The summed E-state index contributed by atoms with van der Waals surface area (Å²) in [7, 11) is 0. The Morgan fingerprint density at radius 1 is 1.20 bits per heavy atom. The number of aliphatic carboxylic acids is 1. The Morgan fingerprint density at radius 3 is 2.68 bits per heavy atom. The van der Waals surface area contributed by atoms with Crippen LogP contribution >= 0.6 is 11.6 Å². The zero-order valence-electron chi connectivity index (χ0n) is 13.9. The number of carboxylic acid groups (broad SMARTS) is 1. The molecular formula is C19H20ClNO4. The first-order valence-electron chi connectivity index (χ1n) is 7.90. The summed E-state index contributed by atoms with van der Waals surface area (Å²) >= 11 is 6.13. The van der Waals surface area contributed by atoms with Crippen molar-refractivity contribution in [2.45, 2.75) is 19.9 Å². The van der Waals surface area contributed by atoms with E-state index in [9.17, 15) is 9.59 Å². The summed E-state index contributed by atoms with van der Waals surface area (Å²) in [5, 5.41) is 12.2. The summed E-state index contributed by atoms with van der Waals surface area (Å²) < 4.78 is 5.13. The van der Waals surface area contributed by atoms with Gasteiger partial charge in [-0.05, 0) is 35.7 Å². The van der Waals surface area contributed by atoms with E-state index in [1.807, 2.05) is 37.3 Å². The zero-order valence-corrected chi connectivity index (χ0v) is 14.6. The van der Waals surface area contributed by atoms with Crippen LogP contribution in [0.5, 0.6) is 5.75 Å². The molecule has 1 unspecified atom stereocenters. The number of carbonyl (C=O) groups is 2. The Labute approximate surface area is 151 Å². The van der Waals surface area contributed by atoms with E-state index in [0.29, 0.717) is 23.7 Å². The van der Waals surface area contributed by atoms with Crippen LogP contribution < -0.4 is 10.1 Å². The molecule has 0 spiro atoms. The molecule has 0 aromatic heterocycles. The average molecular weight is 362 g/mol. The van der Waals surface area contributed by atoms with Crippen molar-refractivity contribution < 1.29 is 19.4 Å². The van der Waals surface area contributed by atoms with Crippen molar-refractivity contribution in [3.8, 4) is 5.75 Å². The molecule has 5 nitrogen and oxygen atoms in total. The maximum Gasteiger partial charge on any atom is 0.341 e. The van der Waals surface area contributed by atoms with E-state index >= 15 is 0 Å². The lowest BCUT2D eigenvalue weighted by atomic mass is 10.0. The molecule has 132 valence electrons. The minimum atomic E-state index is -1.04. The highest BCUT2D eigenvalue weighted by Gasteiger charge is 2.14. The van der Waals surface area contributed by atoms with E-state index in [0.717, 1.165) is 11.1 Å². The highest BCUT2D eigenvalue weighted by atomic mass is 35.5. The highest BCUT2D eigenvalue weighted by molar-refractivity contribution is 6.31. The van der Waals surface area contributed by atoms with Crippen molar-refractivity contribution in [2.24, 2.45) is 5.92 Å². The van der Waals surface area contributed by atoms with Crippen LogP contribution in [0.4, 0.5) is 0 Å². The van der Waals surface area contributed by atoms with E-state index < -0.39 is 12.6 Å². The van der Waals surface area contributed by atoms with E-state index in [2.05, 4.69) is 5.32 Å². The van der Waals surface area contributed by atoms with E-state index in [-0.39, 0.29) is 11.8 Å². The van der Waals surface area contributed by atoms with Crippen molar-refractivity contribution in [1.82, 2.24) is 5.32 Å². The molecule has 1 atom stereocenters. The minimum absolute atomic E-state index is 0.0724. The molecule has 2 aromatic carbocycles. The van der Waals surface area contributed by atoms with Crippen LogP contribution in [-0.2, 0) is 22.6 Å². The number of amides is 1. The van der Waals surface area contributed by atoms with Crippen LogP contribution in [0.1, 0.15) is 18.1 Å². The van der Waals surface area contributed by atoms with Crippen LogP contribution in [0.3, 0.4) is 0 Å². The Kier molecular flexibility index (Phi) is 6.83. The SMILES string of the molecule is CC(Cc1ccccc1Cl)C(=O)NCc1cccc(OCC(=O)O)c1. The van der Waals surface area contributed by atoms with Crippen LogP contribution in [0, 0.1) is 5.92 Å². The fourth-order valence-electron chi connectivity index (χ4n) is 2.34. The van der Waals surface area contributed by atoms with E-state index in [1.54, 1.807) is 18.2 Å². The summed E-state index contributed by atoms with van der Waals surface area (Å²) in [6, 6.07) is 14.5. The summed E-state index contributed by atoms with van der Waals surface area (Å²) in [6.45, 7) is 1.80. The predicted molar refractivity (Wildman–Crippen MR) is 95.7 cm³/mol. The third kappa shape index (κ3) is 6.12. The van der Waals surface area contributed by atoms with Gasteiger partial charge in [-0.3, -0.25) is 4.79 Å². The molecule has 2 rings (SSSR count). The predicted octanol–water partition coefficient (Wildman–Crippen LogP) is 3.30. The van der Waals surface area contributed by atoms with Gasteiger partial charge in [0.2, 0.25) is 5.91 Å². The second kappa shape index (κ2) is 9.08. The van der Waals surface area contributed by atoms with E-state index in [1.165, 1.54) is 0 Å². The lowest BCUT2D eigenvalue weighted by molar-refractivity contribution is -0.139. The number of carboxylic acids is 1. The number of benzene rings is 2. The van der Waals surface area contributed by atoms with Crippen LogP contribution in [0.25, 0.3) is 0 Å². The molecule has 0 aliphatic carbocycles. The lowest BCUT2D eigenvalue weighted by Gasteiger charge is -2.13. The summed E-state index contributed by atoms with van der Waals surface area (Å²) in [5.41, 5.74) is 1.78. The standard InChI is InChI=1S/C19H20ClNO4/c1-13(9-15-6-2-3-8-17(15)20)19(24)21-11-14-5-4-7-16(10-14)25-12-18(22)23/h2-8,10,13H,9,11-12H2,1H3,(H,21,24)(H,22,23). The van der Waals surface area contributed by atoms with Crippen molar-refractivity contribution in [3.05, 3.63) is 64.7 Å². The third-order valence-electron chi connectivity index (χ3n) is 3.66. The van der Waals surface area contributed by atoms with Gasteiger partial charge in [-0.2, -0.15) is 0 Å². The number of nitrogens with one attached hydrogen (secondary N) is 1. The fourth-order valence-corrected chi connectivity index (χ4v) is 2.55. The molecule has 2 N–H and O–H groups in total. The lowest BCUT2D eigenvalue weighted by Crippen LogP contribution is -2.29. The number of hydrogen-bond acceptors (Lipinski definition) is 3. The first kappa shape index (κ1) is 18.8. The molecule has 0 aliphatic rings. The Morgan fingerprint density at radius 2 is 1.96 bits per heavy atom. The van der Waals surface area contributed by atoms with Crippen LogP contribution in [0.2, 0.25) is 5.02 Å². The van der Waals surface area contributed by atoms with Gasteiger partial charge in [0.05, 0.1) is 0 Å². The van der Waals surface area contributed by atoms with Crippen LogP contribution in [0.15, 0.2) is 48.5 Å². The molecule has 0 bridgehead atoms. The maximum atomic E-state index is 12.3. The molecule has 25 heavy (non-hydrogen) atoms. The van der Waals surface area contributed by atoms with Gasteiger partial charge in [-0.1, -0.05) is 48.9 Å². The van der Waals surface area contributed by atoms with Gasteiger partial charge >= 0.3 is 5.97 Å². The largest absolute Gasteiger partial charge is 0.482 e. The molecule has 1 amide bonds. The van der Waals surface area contributed by atoms with Crippen molar-refractivity contribution in [1.29, 1.82) is 0 Å². The number of ether oxygens (including phenoxy) is 1. The van der Waals surface area contributed by atoms with Crippen molar-refractivity contribution in [2.75, 3.05) is 6.61 Å². The minimum Gasteiger partial charge on any atom is -0.482 e. The van der Waals surface area contributed by atoms with Crippen molar-refractivity contribution >= 4 is 23.5 Å². The Balaban J connectivity index is 1.87. The normalized spacial score (nSPS) is 11.6.